The summed E-state index contributed by atoms with van der Waals surface area (Å²) in [6, 6.07) is 0. The second kappa shape index (κ2) is 6.71. The molecule has 0 aromatic carbocycles. The van der Waals surface area contributed by atoms with Gasteiger partial charge in [-0.1, -0.05) is 20.8 Å². The van der Waals surface area contributed by atoms with E-state index in [4.69, 9.17) is 0 Å². The van der Waals surface area contributed by atoms with Crippen LogP contribution in [0.25, 0.3) is 0 Å². The van der Waals surface area contributed by atoms with Crippen molar-refractivity contribution in [1.29, 1.82) is 0 Å². The first-order valence-corrected chi connectivity index (χ1v) is 7.55. The number of hydrogen-bond acceptors (Lipinski definition) is 2. The molecule has 4 heteroatoms. The largest absolute Gasteiger partial charge is 0.317 e. The van der Waals surface area contributed by atoms with Gasteiger partial charge in [0.25, 0.3) is 0 Å². The van der Waals surface area contributed by atoms with E-state index in [-0.39, 0.29) is 0 Å². The Kier molecular flexibility index (Phi) is 5.86. The minimum atomic E-state index is 0.295. The molecule has 1 aromatic rings. The van der Waals surface area contributed by atoms with E-state index in [9.17, 15) is 0 Å². The van der Waals surface area contributed by atoms with E-state index in [1.165, 1.54) is 23.0 Å². The maximum Gasteiger partial charge on any atom is 0.0738 e. The highest BCUT2D eigenvalue weighted by Gasteiger charge is 2.22. The van der Waals surface area contributed by atoms with Crippen LogP contribution in [0.5, 0.6) is 0 Å². The van der Waals surface area contributed by atoms with Crippen LogP contribution in [0.15, 0.2) is 4.47 Å². The Hall–Kier alpha value is -0.350. The monoisotopic (exact) mass is 315 g/mol. The van der Waals surface area contributed by atoms with E-state index in [0.29, 0.717) is 5.41 Å². The summed E-state index contributed by atoms with van der Waals surface area (Å²) in [5.41, 5.74) is 2.67. The fraction of sp³-hybridized carbons (Fsp3) is 0.786. The third-order valence-electron chi connectivity index (χ3n) is 3.31. The molecule has 104 valence electrons. The minimum Gasteiger partial charge on any atom is -0.317 e. The molecule has 0 amide bonds. The predicted molar refractivity (Wildman–Crippen MR) is 80.9 cm³/mol. The Morgan fingerprint density at radius 2 is 2.00 bits per heavy atom. The topological polar surface area (TPSA) is 29.9 Å². The Bertz CT molecular complexity index is 383. The van der Waals surface area contributed by atoms with Gasteiger partial charge in [0, 0.05) is 7.05 Å². The van der Waals surface area contributed by atoms with Crippen LogP contribution in [0.1, 0.15) is 45.0 Å². The van der Waals surface area contributed by atoms with Crippen LogP contribution >= 0.6 is 15.9 Å². The zero-order valence-corrected chi connectivity index (χ0v) is 13.9. The SMILES string of the molecule is CCCNCCC(C)(C)Cc1c(Br)c(C)nn1C. The van der Waals surface area contributed by atoms with Gasteiger partial charge in [-0.2, -0.15) is 5.10 Å². The highest BCUT2D eigenvalue weighted by Crippen LogP contribution is 2.30. The quantitative estimate of drug-likeness (QED) is 0.781. The second-order valence-electron chi connectivity index (χ2n) is 5.81. The van der Waals surface area contributed by atoms with Gasteiger partial charge in [0.15, 0.2) is 0 Å². The third-order valence-corrected chi connectivity index (χ3v) is 4.34. The fourth-order valence-electron chi connectivity index (χ4n) is 2.14. The number of nitrogens with zero attached hydrogens (tertiary/aromatic N) is 2. The van der Waals surface area contributed by atoms with Gasteiger partial charge < -0.3 is 5.32 Å². The van der Waals surface area contributed by atoms with Crippen molar-refractivity contribution < 1.29 is 0 Å². The Balaban J connectivity index is 2.58. The average molecular weight is 316 g/mol. The zero-order valence-electron chi connectivity index (χ0n) is 12.3. The molecule has 0 fully saturated rings. The number of halogens is 1. The summed E-state index contributed by atoms with van der Waals surface area (Å²) in [6.45, 7) is 11.1. The van der Waals surface area contributed by atoms with Gasteiger partial charge in [0.1, 0.15) is 0 Å². The number of aromatic nitrogens is 2. The summed E-state index contributed by atoms with van der Waals surface area (Å²) >= 11 is 3.65. The van der Waals surface area contributed by atoms with Crippen molar-refractivity contribution in [2.45, 2.75) is 47.0 Å². The minimum absolute atomic E-state index is 0.295. The lowest BCUT2D eigenvalue weighted by Gasteiger charge is -2.25. The lowest BCUT2D eigenvalue weighted by molar-refractivity contribution is 0.317. The van der Waals surface area contributed by atoms with Crippen molar-refractivity contribution in [2.75, 3.05) is 13.1 Å². The van der Waals surface area contributed by atoms with Gasteiger partial charge >= 0.3 is 0 Å². The molecular formula is C14H26BrN3. The summed E-state index contributed by atoms with van der Waals surface area (Å²) in [5.74, 6) is 0. The lowest BCUT2D eigenvalue weighted by Crippen LogP contribution is -2.25. The molecule has 0 spiro atoms. The van der Waals surface area contributed by atoms with Crippen molar-refractivity contribution in [1.82, 2.24) is 15.1 Å². The molecule has 1 aromatic heterocycles. The molecule has 0 aliphatic carbocycles. The summed E-state index contributed by atoms with van der Waals surface area (Å²) < 4.78 is 3.17. The van der Waals surface area contributed by atoms with Crippen LogP contribution in [-0.4, -0.2) is 22.9 Å². The van der Waals surface area contributed by atoms with Crippen LogP contribution in [0, 0.1) is 12.3 Å². The molecule has 3 nitrogen and oxygen atoms in total. The molecule has 1 N–H and O–H groups in total. The lowest BCUT2D eigenvalue weighted by atomic mass is 9.84. The highest BCUT2D eigenvalue weighted by atomic mass is 79.9. The van der Waals surface area contributed by atoms with E-state index in [1.54, 1.807) is 0 Å². The van der Waals surface area contributed by atoms with Crippen molar-refractivity contribution in [3.8, 4) is 0 Å². The van der Waals surface area contributed by atoms with Gasteiger partial charge in [0.05, 0.1) is 15.9 Å². The first-order chi connectivity index (χ1) is 8.37. The van der Waals surface area contributed by atoms with E-state index < -0.39 is 0 Å². The molecule has 1 heterocycles. The van der Waals surface area contributed by atoms with Crippen LogP contribution in [-0.2, 0) is 13.5 Å². The van der Waals surface area contributed by atoms with E-state index in [1.807, 2.05) is 18.7 Å². The molecule has 0 aliphatic rings. The molecule has 0 bridgehead atoms. The number of rotatable bonds is 7. The van der Waals surface area contributed by atoms with Crippen LogP contribution in [0.2, 0.25) is 0 Å². The highest BCUT2D eigenvalue weighted by molar-refractivity contribution is 9.10. The number of nitrogens with one attached hydrogen (secondary N) is 1. The zero-order chi connectivity index (χ0) is 13.8. The maximum absolute atomic E-state index is 4.46. The normalized spacial score (nSPS) is 12.1. The standard InChI is InChI=1S/C14H26BrN3/c1-6-8-16-9-7-14(3,4)10-12-13(15)11(2)17-18(12)5/h16H,6-10H2,1-5H3. The Morgan fingerprint density at radius 1 is 1.33 bits per heavy atom. The molecule has 0 saturated carbocycles. The van der Waals surface area contributed by atoms with Crippen LogP contribution in [0.4, 0.5) is 0 Å². The van der Waals surface area contributed by atoms with Gasteiger partial charge in [-0.3, -0.25) is 4.68 Å². The molecule has 0 radical (unpaired) electrons. The van der Waals surface area contributed by atoms with E-state index >= 15 is 0 Å². The van der Waals surface area contributed by atoms with E-state index in [0.717, 1.165) is 25.2 Å². The number of hydrogen-bond donors (Lipinski definition) is 1. The smallest absolute Gasteiger partial charge is 0.0738 e. The number of aryl methyl sites for hydroxylation is 2. The van der Waals surface area contributed by atoms with Crippen molar-refractivity contribution in [3.63, 3.8) is 0 Å². The Morgan fingerprint density at radius 3 is 2.50 bits per heavy atom. The first-order valence-electron chi connectivity index (χ1n) is 6.76. The van der Waals surface area contributed by atoms with Gasteiger partial charge in [-0.05, 0) is 60.6 Å². The van der Waals surface area contributed by atoms with Crippen LogP contribution < -0.4 is 5.32 Å². The van der Waals surface area contributed by atoms with E-state index in [2.05, 4.69) is 47.1 Å². The van der Waals surface area contributed by atoms with Gasteiger partial charge in [-0.15, -0.1) is 0 Å². The molecule has 18 heavy (non-hydrogen) atoms. The fourth-order valence-corrected chi connectivity index (χ4v) is 2.62. The van der Waals surface area contributed by atoms with Crippen molar-refractivity contribution in [2.24, 2.45) is 12.5 Å². The van der Waals surface area contributed by atoms with Crippen molar-refractivity contribution >= 4 is 15.9 Å². The molecule has 1 rings (SSSR count). The maximum atomic E-state index is 4.46. The molecule has 0 unspecified atom stereocenters. The predicted octanol–water partition coefficient (Wildman–Crippen LogP) is 3.45. The Labute approximate surface area is 119 Å². The molecule has 0 aliphatic heterocycles. The second-order valence-corrected chi connectivity index (χ2v) is 6.60. The summed E-state index contributed by atoms with van der Waals surface area (Å²) in [7, 11) is 2.03. The summed E-state index contributed by atoms with van der Waals surface area (Å²) in [4.78, 5) is 0. The molecular weight excluding hydrogens is 290 g/mol. The molecule has 0 atom stereocenters. The third kappa shape index (κ3) is 4.39. The average Bonchev–Trinajstić information content (AvgIpc) is 2.51. The van der Waals surface area contributed by atoms with Gasteiger partial charge in [-0.25, -0.2) is 0 Å². The van der Waals surface area contributed by atoms with Crippen molar-refractivity contribution in [3.05, 3.63) is 15.9 Å². The first kappa shape index (κ1) is 15.7. The molecule has 0 saturated heterocycles. The summed E-state index contributed by atoms with van der Waals surface area (Å²) in [6.07, 6.45) is 3.44. The van der Waals surface area contributed by atoms with Gasteiger partial charge in [0.2, 0.25) is 0 Å². The summed E-state index contributed by atoms with van der Waals surface area (Å²) in [5, 5.41) is 7.94. The van der Waals surface area contributed by atoms with Crippen LogP contribution in [0.3, 0.4) is 0 Å².